The van der Waals surface area contributed by atoms with E-state index in [1.165, 1.54) is 27.7 Å². The number of thiophene rings is 1. The lowest BCUT2D eigenvalue weighted by Crippen LogP contribution is -2.33. The van der Waals surface area contributed by atoms with Gasteiger partial charge in [0.15, 0.2) is 5.16 Å². The first-order chi connectivity index (χ1) is 14.9. The topological polar surface area (TPSA) is 64.0 Å². The molecular weight excluding hydrogens is 426 g/mol. The smallest absolute Gasteiger partial charge is 0.262 e. The van der Waals surface area contributed by atoms with Gasteiger partial charge in [0.1, 0.15) is 4.83 Å². The fraction of sp³-hybridized carbons (Fsp3) is 0.208. The highest BCUT2D eigenvalue weighted by molar-refractivity contribution is 8.00. The Labute approximate surface area is 189 Å². The summed E-state index contributed by atoms with van der Waals surface area (Å²) in [6, 6.07) is 21.6. The molecule has 4 aromatic rings. The van der Waals surface area contributed by atoms with Crippen LogP contribution in [-0.2, 0) is 11.8 Å². The van der Waals surface area contributed by atoms with Gasteiger partial charge in [0.25, 0.3) is 5.56 Å². The molecule has 4 rings (SSSR count). The number of carbonyl (C=O) groups excluding carboxylic acids is 1. The summed E-state index contributed by atoms with van der Waals surface area (Å²) in [6.45, 7) is 3.79. The largest absolute Gasteiger partial charge is 0.349 e. The highest BCUT2D eigenvalue weighted by Crippen LogP contribution is 2.32. The number of amides is 1. The van der Waals surface area contributed by atoms with Gasteiger partial charge in [-0.2, -0.15) is 0 Å². The lowest BCUT2D eigenvalue weighted by atomic mass is 10.1. The minimum absolute atomic E-state index is 0.0909. The van der Waals surface area contributed by atoms with Crippen LogP contribution in [0.5, 0.6) is 0 Å². The number of carbonyl (C=O) groups is 1. The summed E-state index contributed by atoms with van der Waals surface area (Å²) in [5.74, 6) is -0.0909. The van der Waals surface area contributed by atoms with E-state index in [0.29, 0.717) is 15.4 Å². The molecule has 1 amide bonds. The monoisotopic (exact) mass is 449 g/mol. The molecule has 2 unspecified atom stereocenters. The molecule has 0 aliphatic rings. The molecule has 0 saturated carbocycles. The maximum absolute atomic E-state index is 12.9. The minimum Gasteiger partial charge on any atom is -0.349 e. The fourth-order valence-electron chi connectivity index (χ4n) is 3.26. The second kappa shape index (κ2) is 9.08. The van der Waals surface area contributed by atoms with Crippen LogP contribution in [0, 0.1) is 0 Å². The van der Waals surface area contributed by atoms with Gasteiger partial charge >= 0.3 is 0 Å². The molecule has 0 spiro atoms. The summed E-state index contributed by atoms with van der Waals surface area (Å²) >= 11 is 2.79. The predicted octanol–water partition coefficient (Wildman–Crippen LogP) is 5.02. The normalized spacial score (nSPS) is 13.1. The molecule has 5 nitrogen and oxygen atoms in total. The number of benzene rings is 2. The van der Waals surface area contributed by atoms with Crippen LogP contribution in [0.3, 0.4) is 0 Å². The van der Waals surface area contributed by atoms with Crippen LogP contribution >= 0.6 is 23.1 Å². The van der Waals surface area contributed by atoms with Crippen LogP contribution in [-0.4, -0.2) is 20.7 Å². The van der Waals surface area contributed by atoms with Gasteiger partial charge in [-0.25, -0.2) is 4.98 Å². The Morgan fingerprint density at radius 1 is 1.06 bits per heavy atom. The van der Waals surface area contributed by atoms with Crippen LogP contribution in [0.1, 0.15) is 25.5 Å². The molecule has 0 radical (unpaired) electrons. The van der Waals surface area contributed by atoms with E-state index in [-0.39, 0.29) is 17.5 Å². The molecule has 1 N–H and O–H groups in total. The van der Waals surface area contributed by atoms with E-state index >= 15 is 0 Å². The minimum atomic E-state index is -0.393. The fourth-order valence-corrected chi connectivity index (χ4v) is 5.23. The van der Waals surface area contributed by atoms with Crippen LogP contribution in [0.2, 0.25) is 0 Å². The summed E-state index contributed by atoms with van der Waals surface area (Å²) in [7, 11) is 1.70. The van der Waals surface area contributed by atoms with Crippen molar-refractivity contribution in [2.24, 2.45) is 7.05 Å². The highest BCUT2D eigenvalue weighted by atomic mass is 32.2. The van der Waals surface area contributed by atoms with Crippen LogP contribution in [0.4, 0.5) is 0 Å². The molecule has 0 fully saturated rings. The van der Waals surface area contributed by atoms with E-state index in [2.05, 4.69) is 5.32 Å². The number of nitrogens with one attached hydrogen (secondary N) is 1. The molecule has 2 atom stereocenters. The third-order valence-electron chi connectivity index (χ3n) is 5.10. The Bertz CT molecular complexity index is 1270. The van der Waals surface area contributed by atoms with Crippen molar-refractivity contribution in [1.82, 2.24) is 14.9 Å². The number of fused-ring (bicyclic) bond motifs is 1. The summed E-state index contributed by atoms with van der Waals surface area (Å²) in [5.41, 5.74) is 2.01. The first-order valence-corrected chi connectivity index (χ1v) is 11.7. The Balaban J connectivity index is 1.55. The quantitative estimate of drug-likeness (QED) is 0.332. The maximum Gasteiger partial charge on any atom is 0.262 e. The predicted molar refractivity (Wildman–Crippen MR) is 129 cm³/mol. The zero-order valence-corrected chi connectivity index (χ0v) is 19.2. The molecule has 158 valence electrons. The summed E-state index contributed by atoms with van der Waals surface area (Å²) in [5, 5.41) is 3.79. The Morgan fingerprint density at radius 3 is 2.39 bits per heavy atom. The Hall–Kier alpha value is -2.90. The molecule has 0 saturated heterocycles. The van der Waals surface area contributed by atoms with Crippen molar-refractivity contribution in [3.63, 3.8) is 0 Å². The molecule has 31 heavy (non-hydrogen) atoms. The second-order valence-corrected chi connectivity index (χ2v) is 9.69. The van der Waals surface area contributed by atoms with Crippen molar-refractivity contribution < 1.29 is 4.79 Å². The first-order valence-electron chi connectivity index (χ1n) is 10.0. The zero-order valence-electron chi connectivity index (χ0n) is 17.5. The standard InChI is InChI=1S/C24H23N3O2S2/c1-15(17-10-6-4-7-11-17)25-21(28)16(2)30-24-26-22-19(23(29)27(24)3)14-20(31-22)18-12-8-5-9-13-18/h4-16H,1-3H3,(H,25,28). The van der Waals surface area contributed by atoms with Crippen LogP contribution < -0.4 is 10.9 Å². The summed E-state index contributed by atoms with van der Waals surface area (Å²) in [6.07, 6.45) is 0. The molecule has 2 aromatic heterocycles. The van der Waals surface area contributed by atoms with E-state index < -0.39 is 5.25 Å². The molecule has 7 heteroatoms. The maximum atomic E-state index is 12.9. The highest BCUT2D eigenvalue weighted by Gasteiger charge is 2.21. The van der Waals surface area contributed by atoms with Gasteiger partial charge in [0.05, 0.1) is 16.7 Å². The second-order valence-electron chi connectivity index (χ2n) is 7.36. The molecule has 0 aliphatic heterocycles. The van der Waals surface area contributed by atoms with Gasteiger partial charge in [0.2, 0.25) is 5.91 Å². The number of hydrogen-bond donors (Lipinski definition) is 1. The average Bonchev–Trinajstić information content (AvgIpc) is 3.22. The van der Waals surface area contributed by atoms with Gasteiger partial charge in [-0.3, -0.25) is 14.2 Å². The summed E-state index contributed by atoms with van der Waals surface area (Å²) < 4.78 is 1.53. The van der Waals surface area contributed by atoms with Gasteiger partial charge in [-0.05, 0) is 31.0 Å². The Kier molecular flexibility index (Phi) is 6.25. The molecule has 2 aromatic carbocycles. The lowest BCUT2D eigenvalue weighted by Gasteiger charge is -2.18. The first kappa shape index (κ1) is 21.3. The van der Waals surface area contributed by atoms with E-state index in [1.54, 1.807) is 7.05 Å². The number of aromatic nitrogens is 2. The molecule has 0 aliphatic carbocycles. The number of rotatable bonds is 6. The number of thioether (sulfide) groups is 1. The van der Waals surface area contributed by atoms with Crippen molar-refractivity contribution in [3.8, 4) is 10.4 Å². The van der Waals surface area contributed by atoms with E-state index in [9.17, 15) is 9.59 Å². The molecular formula is C24H23N3O2S2. The van der Waals surface area contributed by atoms with Crippen molar-refractivity contribution in [1.29, 1.82) is 0 Å². The van der Waals surface area contributed by atoms with Crippen molar-refractivity contribution >= 4 is 39.2 Å². The molecule has 2 heterocycles. The van der Waals surface area contributed by atoms with Crippen LogP contribution in [0.25, 0.3) is 20.7 Å². The van der Waals surface area contributed by atoms with Gasteiger partial charge in [0, 0.05) is 11.9 Å². The third-order valence-corrected chi connectivity index (χ3v) is 7.32. The van der Waals surface area contributed by atoms with Gasteiger partial charge < -0.3 is 5.32 Å². The van der Waals surface area contributed by atoms with Crippen molar-refractivity contribution in [2.75, 3.05) is 0 Å². The summed E-state index contributed by atoms with van der Waals surface area (Å²) in [4.78, 5) is 32.1. The van der Waals surface area contributed by atoms with E-state index in [1.807, 2.05) is 80.6 Å². The third kappa shape index (κ3) is 4.57. The Morgan fingerprint density at radius 2 is 1.71 bits per heavy atom. The van der Waals surface area contributed by atoms with Crippen molar-refractivity contribution in [2.45, 2.75) is 30.3 Å². The number of hydrogen-bond acceptors (Lipinski definition) is 5. The lowest BCUT2D eigenvalue weighted by molar-refractivity contribution is -0.120. The zero-order chi connectivity index (χ0) is 22.0. The van der Waals surface area contributed by atoms with Gasteiger partial charge in [-0.1, -0.05) is 72.4 Å². The van der Waals surface area contributed by atoms with E-state index in [4.69, 9.17) is 4.98 Å². The van der Waals surface area contributed by atoms with E-state index in [0.717, 1.165) is 16.0 Å². The average molecular weight is 450 g/mol. The number of nitrogens with zero attached hydrogens (tertiary/aromatic N) is 2. The molecule has 0 bridgehead atoms. The van der Waals surface area contributed by atoms with Crippen LogP contribution in [0.15, 0.2) is 76.7 Å². The van der Waals surface area contributed by atoms with Gasteiger partial charge in [-0.15, -0.1) is 11.3 Å². The SMILES string of the molecule is CC(Sc1nc2sc(-c3ccccc3)cc2c(=O)n1C)C(=O)NC(C)c1ccccc1. The van der Waals surface area contributed by atoms with Crippen molar-refractivity contribution in [3.05, 3.63) is 82.6 Å².